The molecule has 1 amide bonds. The zero-order valence-corrected chi connectivity index (χ0v) is 13.1. The number of rotatable bonds is 3. The van der Waals surface area contributed by atoms with Gasteiger partial charge in [0.1, 0.15) is 0 Å². The van der Waals surface area contributed by atoms with Crippen molar-refractivity contribution in [3.8, 4) is 0 Å². The normalized spacial score (nSPS) is 25.9. The highest BCUT2D eigenvalue weighted by Crippen LogP contribution is 2.21. The van der Waals surface area contributed by atoms with Gasteiger partial charge >= 0.3 is 0 Å². The van der Waals surface area contributed by atoms with Crippen molar-refractivity contribution in [1.29, 1.82) is 0 Å². The minimum absolute atomic E-state index is 0.0214. The Labute approximate surface area is 129 Å². The second kappa shape index (κ2) is 6.62. The van der Waals surface area contributed by atoms with Crippen molar-refractivity contribution in [3.05, 3.63) is 18.3 Å². The summed E-state index contributed by atoms with van der Waals surface area (Å²) in [6.07, 6.45) is 3.81. The fourth-order valence-corrected chi connectivity index (χ4v) is 3.85. The first-order valence-electron chi connectivity index (χ1n) is 7.36. The van der Waals surface area contributed by atoms with E-state index in [1.165, 1.54) is 0 Å². The molecule has 0 bridgehead atoms. The molecule has 2 atom stereocenters. The van der Waals surface area contributed by atoms with Gasteiger partial charge in [-0.25, -0.2) is 0 Å². The van der Waals surface area contributed by atoms with Gasteiger partial charge in [0.15, 0.2) is 5.82 Å². The largest absolute Gasteiger partial charge is 0.353 e. The molecule has 1 N–H and O–H groups in total. The maximum Gasteiger partial charge on any atom is 0.240 e. The smallest absolute Gasteiger partial charge is 0.240 e. The first-order chi connectivity index (χ1) is 10.3. The lowest BCUT2D eigenvalue weighted by molar-refractivity contribution is -0.133. The molecular weight excluding hydrogens is 286 g/mol. The van der Waals surface area contributed by atoms with Crippen molar-refractivity contribution in [2.75, 3.05) is 36.7 Å². The van der Waals surface area contributed by atoms with Crippen LogP contribution in [0.25, 0.3) is 0 Å². The van der Waals surface area contributed by atoms with Gasteiger partial charge in [0.2, 0.25) is 5.91 Å². The number of aromatic nitrogens is 2. The van der Waals surface area contributed by atoms with Gasteiger partial charge in [0.25, 0.3) is 0 Å². The molecule has 0 aromatic carbocycles. The van der Waals surface area contributed by atoms with Gasteiger partial charge in [-0.2, -0.15) is 5.10 Å². The van der Waals surface area contributed by atoms with Crippen LogP contribution >= 0.6 is 11.8 Å². The van der Waals surface area contributed by atoms with E-state index < -0.39 is 0 Å². The van der Waals surface area contributed by atoms with Crippen LogP contribution in [0.2, 0.25) is 0 Å². The Balaban J connectivity index is 1.64. The van der Waals surface area contributed by atoms with Crippen molar-refractivity contribution in [2.24, 2.45) is 0 Å². The summed E-state index contributed by atoms with van der Waals surface area (Å²) in [5, 5.41) is 11.4. The van der Waals surface area contributed by atoms with Crippen molar-refractivity contribution in [1.82, 2.24) is 20.4 Å². The van der Waals surface area contributed by atoms with Crippen LogP contribution in [-0.4, -0.2) is 64.9 Å². The number of nitrogens with zero attached hydrogens (tertiary/aromatic N) is 4. The van der Waals surface area contributed by atoms with E-state index in [0.717, 1.165) is 43.4 Å². The van der Waals surface area contributed by atoms with Crippen LogP contribution in [0, 0.1) is 0 Å². The molecule has 6 nitrogen and oxygen atoms in total. The number of hydrogen-bond donors (Lipinski definition) is 1. The summed E-state index contributed by atoms with van der Waals surface area (Å²) >= 11 is 1.78. The Bertz CT molecular complexity index is 480. The number of nitrogens with one attached hydrogen (secondary N) is 1. The van der Waals surface area contributed by atoms with Crippen LogP contribution in [0.3, 0.4) is 0 Å². The quantitative estimate of drug-likeness (QED) is 0.881. The SMILES string of the molecule is CN(C(=O)C1CSCN1)C1CCCN(c2cccnn2)C1. The number of carbonyl (C=O) groups is 1. The van der Waals surface area contributed by atoms with Gasteiger partial charge in [0.05, 0.1) is 6.04 Å². The molecular formula is C14H21N5OS. The van der Waals surface area contributed by atoms with Gasteiger partial charge in [-0.15, -0.1) is 16.9 Å². The van der Waals surface area contributed by atoms with E-state index in [0.29, 0.717) is 0 Å². The minimum atomic E-state index is -0.0214. The number of likely N-dealkylation sites (N-methyl/N-ethyl adjacent to an activating group) is 1. The van der Waals surface area contributed by atoms with E-state index >= 15 is 0 Å². The number of amides is 1. The molecule has 1 aromatic rings. The van der Waals surface area contributed by atoms with Gasteiger partial charge < -0.3 is 9.80 Å². The van der Waals surface area contributed by atoms with Gasteiger partial charge in [-0.05, 0) is 25.0 Å². The van der Waals surface area contributed by atoms with Crippen LogP contribution in [0.4, 0.5) is 5.82 Å². The topological polar surface area (TPSA) is 61.4 Å². The maximum atomic E-state index is 12.5. The third kappa shape index (κ3) is 3.29. The molecule has 2 aliphatic rings. The van der Waals surface area contributed by atoms with Crippen molar-refractivity contribution >= 4 is 23.5 Å². The summed E-state index contributed by atoms with van der Waals surface area (Å²) in [7, 11) is 1.93. The minimum Gasteiger partial charge on any atom is -0.353 e. The predicted molar refractivity (Wildman–Crippen MR) is 84.3 cm³/mol. The molecule has 21 heavy (non-hydrogen) atoms. The summed E-state index contributed by atoms with van der Waals surface area (Å²) in [4.78, 5) is 16.6. The van der Waals surface area contributed by atoms with E-state index in [4.69, 9.17) is 0 Å². The van der Waals surface area contributed by atoms with E-state index in [2.05, 4.69) is 20.4 Å². The molecule has 1 aromatic heterocycles. The van der Waals surface area contributed by atoms with Crippen LogP contribution in [0.5, 0.6) is 0 Å². The maximum absolute atomic E-state index is 12.5. The Hall–Kier alpha value is -1.34. The van der Waals surface area contributed by atoms with Crippen LogP contribution in [0.1, 0.15) is 12.8 Å². The summed E-state index contributed by atoms with van der Waals surface area (Å²) < 4.78 is 0. The van der Waals surface area contributed by atoms with Crippen molar-refractivity contribution in [3.63, 3.8) is 0 Å². The monoisotopic (exact) mass is 307 g/mol. The Morgan fingerprint density at radius 3 is 3.19 bits per heavy atom. The highest BCUT2D eigenvalue weighted by molar-refractivity contribution is 7.99. The molecule has 2 fully saturated rings. The Morgan fingerprint density at radius 2 is 2.48 bits per heavy atom. The average Bonchev–Trinajstić information content (AvgIpc) is 3.09. The van der Waals surface area contributed by atoms with E-state index in [-0.39, 0.29) is 18.0 Å². The highest BCUT2D eigenvalue weighted by atomic mass is 32.2. The summed E-state index contributed by atoms with van der Waals surface area (Å²) in [6.45, 7) is 1.82. The second-order valence-corrected chi connectivity index (χ2v) is 6.58. The number of thioether (sulfide) groups is 1. The fraction of sp³-hybridized carbons (Fsp3) is 0.643. The lowest BCUT2D eigenvalue weighted by Gasteiger charge is -2.38. The molecule has 3 rings (SSSR count). The van der Waals surface area contributed by atoms with E-state index in [1.807, 2.05) is 24.1 Å². The van der Waals surface area contributed by atoms with Gasteiger partial charge in [-0.1, -0.05) is 0 Å². The molecule has 0 spiro atoms. The third-order valence-corrected chi connectivity index (χ3v) is 5.13. The molecule has 0 radical (unpaired) electrons. The molecule has 2 aliphatic heterocycles. The average molecular weight is 307 g/mol. The molecule has 0 aliphatic carbocycles. The number of piperidine rings is 1. The lowest BCUT2D eigenvalue weighted by atomic mass is 10.0. The summed E-state index contributed by atoms with van der Waals surface area (Å²) in [6, 6.07) is 4.11. The Kier molecular flexibility index (Phi) is 4.60. The molecule has 7 heteroatoms. The van der Waals surface area contributed by atoms with Crippen molar-refractivity contribution in [2.45, 2.75) is 24.9 Å². The lowest BCUT2D eigenvalue weighted by Crippen LogP contribution is -2.53. The number of carbonyl (C=O) groups excluding carboxylic acids is 1. The number of hydrogen-bond acceptors (Lipinski definition) is 6. The number of anilines is 1. The summed E-state index contributed by atoms with van der Waals surface area (Å²) in [5.41, 5.74) is 0. The zero-order chi connectivity index (χ0) is 14.7. The first kappa shape index (κ1) is 14.6. The fourth-order valence-electron chi connectivity index (χ4n) is 2.92. The highest BCUT2D eigenvalue weighted by Gasteiger charge is 2.31. The van der Waals surface area contributed by atoms with Gasteiger partial charge in [-0.3, -0.25) is 10.1 Å². The standard InChI is InChI=1S/C14H21N5OS/c1-18(14(20)12-9-21-10-15-12)11-4-3-7-19(8-11)13-5-2-6-16-17-13/h2,5-6,11-12,15H,3-4,7-10H2,1H3. The molecule has 2 unspecified atom stereocenters. The molecule has 2 saturated heterocycles. The van der Waals surface area contributed by atoms with Crippen LogP contribution in [-0.2, 0) is 4.79 Å². The molecule has 114 valence electrons. The first-order valence-corrected chi connectivity index (χ1v) is 8.51. The predicted octanol–water partition coefficient (Wildman–Crippen LogP) is 0.566. The second-order valence-electron chi connectivity index (χ2n) is 5.54. The van der Waals surface area contributed by atoms with Crippen LogP contribution in [0.15, 0.2) is 18.3 Å². The zero-order valence-electron chi connectivity index (χ0n) is 12.2. The summed E-state index contributed by atoms with van der Waals surface area (Å²) in [5.74, 6) is 2.87. The molecule has 3 heterocycles. The molecule has 0 saturated carbocycles. The van der Waals surface area contributed by atoms with E-state index in [9.17, 15) is 4.79 Å². The van der Waals surface area contributed by atoms with E-state index in [1.54, 1.807) is 18.0 Å². The van der Waals surface area contributed by atoms with Gasteiger partial charge in [0, 0.05) is 44.0 Å². The van der Waals surface area contributed by atoms with Crippen LogP contribution < -0.4 is 10.2 Å². The third-order valence-electron chi connectivity index (χ3n) is 4.19. The van der Waals surface area contributed by atoms with Crippen molar-refractivity contribution < 1.29 is 4.79 Å². The Morgan fingerprint density at radius 1 is 1.57 bits per heavy atom.